The monoisotopic (exact) mass is 281 g/mol. The largest absolute Gasteiger partial charge is 0.383 e. The van der Waals surface area contributed by atoms with Crippen LogP contribution in [0.3, 0.4) is 0 Å². The highest BCUT2D eigenvalue weighted by atomic mass is 15.2. The van der Waals surface area contributed by atoms with Gasteiger partial charge in [0.1, 0.15) is 18.0 Å². The molecule has 0 atom stereocenters. The molecule has 1 aromatic heterocycles. The number of hydrogen-bond acceptors (Lipinski definition) is 5. The second-order valence-corrected chi connectivity index (χ2v) is 5.32. The molecular weight excluding hydrogens is 262 g/mol. The molecule has 0 saturated heterocycles. The topological polar surface area (TPSA) is 78.8 Å². The Bertz CT molecular complexity index is 673. The summed E-state index contributed by atoms with van der Waals surface area (Å²) in [6.45, 7) is 4.80. The van der Waals surface area contributed by atoms with Gasteiger partial charge in [0.15, 0.2) is 0 Å². The van der Waals surface area contributed by atoms with Crippen molar-refractivity contribution in [2.24, 2.45) is 0 Å². The van der Waals surface area contributed by atoms with Gasteiger partial charge in [0.05, 0.1) is 11.6 Å². The van der Waals surface area contributed by atoms with Crippen molar-refractivity contribution >= 4 is 11.6 Å². The van der Waals surface area contributed by atoms with Crippen molar-refractivity contribution in [2.75, 3.05) is 17.7 Å². The second-order valence-electron chi connectivity index (χ2n) is 5.32. The molecule has 2 rings (SSSR count). The Morgan fingerprint density at radius 2 is 2.10 bits per heavy atom. The maximum absolute atomic E-state index is 8.97. The summed E-state index contributed by atoms with van der Waals surface area (Å²) in [4.78, 5) is 10.5. The summed E-state index contributed by atoms with van der Waals surface area (Å²) in [5.74, 6) is 1.60. The quantitative estimate of drug-likeness (QED) is 0.932. The minimum absolute atomic E-state index is 0.245. The fraction of sp³-hybridized carbons (Fsp3) is 0.312. The van der Waals surface area contributed by atoms with Crippen LogP contribution >= 0.6 is 0 Å². The molecule has 0 bridgehead atoms. The third kappa shape index (κ3) is 3.29. The van der Waals surface area contributed by atoms with Gasteiger partial charge in [-0.15, -0.1) is 0 Å². The molecule has 0 saturated carbocycles. The Hall–Kier alpha value is -2.61. The number of hydrogen-bond donors (Lipinski definition) is 1. The van der Waals surface area contributed by atoms with Crippen LogP contribution in [-0.4, -0.2) is 17.0 Å². The van der Waals surface area contributed by atoms with Crippen LogP contribution in [0.4, 0.5) is 11.6 Å². The lowest BCUT2D eigenvalue weighted by atomic mass is 10.0. The van der Waals surface area contributed by atoms with Crippen molar-refractivity contribution in [1.29, 1.82) is 5.26 Å². The molecule has 1 aromatic carbocycles. The van der Waals surface area contributed by atoms with Crippen LogP contribution in [0.5, 0.6) is 0 Å². The van der Waals surface area contributed by atoms with Crippen molar-refractivity contribution < 1.29 is 0 Å². The number of rotatable bonds is 4. The predicted octanol–water partition coefficient (Wildman–Crippen LogP) is 2.69. The summed E-state index contributed by atoms with van der Waals surface area (Å²) >= 11 is 0. The van der Waals surface area contributed by atoms with Gasteiger partial charge in [0, 0.05) is 19.2 Å². The van der Waals surface area contributed by atoms with E-state index in [9.17, 15) is 0 Å². The molecule has 2 N–H and O–H groups in total. The number of nitriles is 1. The molecule has 0 spiro atoms. The number of nitrogens with zero attached hydrogens (tertiary/aromatic N) is 4. The van der Waals surface area contributed by atoms with Crippen molar-refractivity contribution in [1.82, 2.24) is 9.97 Å². The van der Waals surface area contributed by atoms with E-state index in [-0.39, 0.29) is 5.92 Å². The van der Waals surface area contributed by atoms with E-state index in [0.717, 1.165) is 16.9 Å². The molecule has 0 fully saturated rings. The highest BCUT2D eigenvalue weighted by molar-refractivity contribution is 5.58. The molecule has 2 aromatic rings. The van der Waals surface area contributed by atoms with Gasteiger partial charge >= 0.3 is 0 Å². The van der Waals surface area contributed by atoms with Crippen LogP contribution in [0.15, 0.2) is 30.6 Å². The van der Waals surface area contributed by atoms with E-state index in [4.69, 9.17) is 11.0 Å². The van der Waals surface area contributed by atoms with Gasteiger partial charge in [-0.2, -0.15) is 5.26 Å². The Morgan fingerprint density at radius 3 is 2.76 bits per heavy atom. The van der Waals surface area contributed by atoms with Crippen LogP contribution in [0, 0.1) is 11.3 Å². The van der Waals surface area contributed by atoms with Gasteiger partial charge < -0.3 is 10.6 Å². The molecule has 0 aliphatic rings. The zero-order chi connectivity index (χ0) is 15.4. The molecule has 0 aliphatic heterocycles. The number of benzene rings is 1. The minimum Gasteiger partial charge on any atom is -0.383 e. The molecule has 0 amide bonds. The summed E-state index contributed by atoms with van der Waals surface area (Å²) in [5, 5.41) is 8.97. The predicted molar refractivity (Wildman–Crippen MR) is 83.8 cm³/mol. The Morgan fingerprint density at radius 1 is 1.33 bits per heavy atom. The summed E-state index contributed by atoms with van der Waals surface area (Å²) in [6.07, 6.45) is 1.48. The first-order valence-electron chi connectivity index (χ1n) is 6.83. The minimum atomic E-state index is 0.245. The normalized spacial score (nSPS) is 10.4. The summed E-state index contributed by atoms with van der Waals surface area (Å²) in [7, 11) is 1.96. The van der Waals surface area contributed by atoms with Crippen LogP contribution in [0.1, 0.15) is 36.5 Å². The zero-order valence-corrected chi connectivity index (χ0v) is 12.5. The lowest BCUT2D eigenvalue weighted by Crippen LogP contribution is -2.21. The van der Waals surface area contributed by atoms with Gasteiger partial charge in [0.25, 0.3) is 0 Å². The molecule has 0 unspecified atom stereocenters. The molecule has 5 heteroatoms. The molecule has 108 valence electrons. The van der Waals surface area contributed by atoms with E-state index in [0.29, 0.717) is 17.9 Å². The van der Waals surface area contributed by atoms with Gasteiger partial charge in [-0.1, -0.05) is 26.0 Å². The third-order valence-corrected chi connectivity index (χ3v) is 3.31. The van der Waals surface area contributed by atoms with Crippen LogP contribution in [0.25, 0.3) is 0 Å². The van der Waals surface area contributed by atoms with E-state index in [1.165, 1.54) is 6.33 Å². The van der Waals surface area contributed by atoms with E-state index >= 15 is 0 Å². The highest BCUT2D eigenvalue weighted by Crippen LogP contribution is 2.29. The Balaban J connectivity index is 2.30. The van der Waals surface area contributed by atoms with Crippen molar-refractivity contribution in [2.45, 2.75) is 26.3 Å². The van der Waals surface area contributed by atoms with Gasteiger partial charge in [0.2, 0.25) is 0 Å². The van der Waals surface area contributed by atoms with E-state index in [1.54, 1.807) is 6.07 Å². The standard InChI is InChI=1S/C16H19N5/c1-11(2)14-15(18)19-10-20-16(14)21(3)9-13-6-4-5-12(7-13)8-17/h4-7,10-11H,9H2,1-3H3,(H2,18,19,20). The maximum atomic E-state index is 8.97. The average molecular weight is 281 g/mol. The van der Waals surface area contributed by atoms with E-state index < -0.39 is 0 Å². The highest BCUT2D eigenvalue weighted by Gasteiger charge is 2.16. The number of anilines is 2. The fourth-order valence-corrected chi connectivity index (χ4v) is 2.35. The van der Waals surface area contributed by atoms with Crippen LogP contribution in [-0.2, 0) is 6.54 Å². The molecule has 21 heavy (non-hydrogen) atoms. The summed E-state index contributed by atoms with van der Waals surface area (Å²) in [5.41, 5.74) is 8.65. The lowest BCUT2D eigenvalue weighted by molar-refractivity contribution is 0.812. The summed E-state index contributed by atoms with van der Waals surface area (Å²) in [6, 6.07) is 9.72. The first-order chi connectivity index (χ1) is 10.0. The lowest BCUT2D eigenvalue weighted by Gasteiger charge is -2.23. The smallest absolute Gasteiger partial charge is 0.137 e. The third-order valence-electron chi connectivity index (χ3n) is 3.31. The fourth-order valence-electron chi connectivity index (χ4n) is 2.35. The van der Waals surface area contributed by atoms with Gasteiger partial charge in [-0.05, 0) is 23.6 Å². The molecular formula is C16H19N5. The number of nitrogen functional groups attached to an aromatic ring is 1. The molecule has 0 aliphatic carbocycles. The number of aromatic nitrogens is 2. The Kier molecular flexibility index (Phi) is 4.39. The maximum Gasteiger partial charge on any atom is 0.137 e. The van der Waals surface area contributed by atoms with Crippen molar-refractivity contribution in [3.8, 4) is 6.07 Å². The van der Waals surface area contributed by atoms with Crippen LogP contribution < -0.4 is 10.6 Å². The van der Waals surface area contributed by atoms with E-state index in [2.05, 4.69) is 29.9 Å². The van der Waals surface area contributed by atoms with Crippen molar-refractivity contribution in [3.05, 3.63) is 47.3 Å². The summed E-state index contributed by atoms with van der Waals surface area (Å²) < 4.78 is 0. The number of nitrogens with two attached hydrogens (primary N) is 1. The van der Waals surface area contributed by atoms with Crippen LogP contribution in [0.2, 0.25) is 0 Å². The second kappa shape index (κ2) is 6.23. The average Bonchev–Trinajstić information content (AvgIpc) is 2.46. The SMILES string of the molecule is CC(C)c1c(N)ncnc1N(C)Cc1cccc(C#N)c1. The zero-order valence-electron chi connectivity index (χ0n) is 12.5. The Labute approximate surface area is 125 Å². The first-order valence-corrected chi connectivity index (χ1v) is 6.83. The molecule has 1 heterocycles. The molecule has 0 radical (unpaired) electrons. The van der Waals surface area contributed by atoms with Crippen molar-refractivity contribution in [3.63, 3.8) is 0 Å². The van der Waals surface area contributed by atoms with Gasteiger partial charge in [-0.3, -0.25) is 0 Å². The van der Waals surface area contributed by atoms with Gasteiger partial charge in [-0.25, -0.2) is 9.97 Å². The van der Waals surface area contributed by atoms with E-state index in [1.807, 2.05) is 30.1 Å². The first kappa shape index (κ1) is 14.8. The molecule has 5 nitrogen and oxygen atoms in total.